The highest BCUT2D eigenvalue weighted by Crippen LogP contribution is 2.46. The molecule has 0 bridgehead atoms. The fourth-order valence-electron chi connectivity index (χ4n) is 1.64. The number of hydrogen-bond acceptors (Lipinski definition) is 0. The average molecular weight is 270 g/mol. The van der Waals surface area contributed by atoms with Gasteiger partial charge in [0.1, 0.15) is 0 Å². The number of benzene rings is 1. The number of hydrogen-bond donors (Lipinski definition) is 0. The van der Waals surface area contributed by atoms with E-state index >= 15 is 0 Å². The highest BCUT2D eigenvalue weighted by atomic mass is 19.4. The molecule has 1 rings (SSSR count). The van der Waals surface area contributed by atoms with E-state index in [1.807, 2.05) is 0 Å². The van der Waals surface area contributed by atoms with Gasteiger partial charge in [0.15, 0.2) is 5.92 Å². The van der Waals surface area contributed by atoms with Crippen LogP contribution < -0.4 is 0 Å². The van der Waals surface area contributed by atoms with E-state index in [0.29, 0.717) is 5.56 Å². The lowest BCUT2D eigenvalue weighted by atomic mass is 9.94. The van der Waals surface area contributed by atoms with Crippen LogP contribution in [0.2, 0.25) is 0 Å². The largest absolute Gasteiger partial charge is 0.404 e. The highest BCUT2D eigenvalue weighted by molar-refractivity contribution is 5.29. The molecule has 6 heteroatoms. The third kappa shape index (κ3) is 3.40. The SMILES string of the molecule is CC(C)c1ccc(C(C(F)(F)F)C(F)(F)F)cc1. The summed E-state index contributed by atoms with van der Waals surface area (Å²) < 4.78 is 74.6. The van der Waals surface area contributed by atoms with Crippen LogP contribution >= 0.6 is 0 Å². The first-order chi connectivity index (χ1) is 8.03. The molecule has 0 aliphatic carbocycles. The molecule has 1 aromatic rings. The Morgan fingerprint density at radius 2 is 1.06 bits per heavy atom. The molecule has 0 spiro atoms. The van der Waals surface area contributed by atoms with Gasteiger partial charge >= 0.3 is 12.4 Å². The monoisotopic (exact) mass is 270 g/mol. The third-order valence-electron chi connectivity index (χ3n) is 2.59. The molecule has 1 aromatic carbocycles. The standard InChI is InChI=1S/C12H12F6/c1-7(2)8-3-5-9(6-4-8)10(11(13,14)15)12(16,17)18/h3-7,10H,1-2H3. The van der Waals surface area contributed by atoms with Crippen molar-refractivity contribution in [3.8, 4) is 0 Å². The van der Waals surface area contributed by atoms with Gasteiger partial charge in [-0.1, -0.05) is 38.1 Å². The fraction of sp³-hybridized carbons (Fsp3) is 0.500. The molecule has 0 aromatic heterocycles. The summed E-state index contributed by atoms with van der Waals surface area (Å²) in [5.41, 5.74) is -0.0822. The van der Waals surface area contributed by atoms with Crippen LogP contribution in [-0.4, -0.2) is 12.4 Å². The third-order valence-corrected chi connectivity index (χ3v) is 2.59. The maximum Gasteiger partial charge on any atom is 0.404 e. The molecule has 0 radical (unpaired) electrons. The second-order valence-electron chi connectivity index (χ2n) is 4.34. The van der Waals surface area contributed by atoms with Gasteiger partial charge in [-0.15, -0.1) is 0 Å². The van der Waals surface area contributed by atoms with Crippen LogP contribution in [0.3, 0.4) is 0 Å². The molecule has 0 saturated heterocycles. The molecule has 0 heterocycles. The maximum atomic E-state index is 12.4. The summed E-state index contributed by atoms with van der Waals surface area (Å²) in [6, 6.07) is 4.37. The molecule has 0 unspecified atom stereocenters. The fourth-order valence-corrected chi connectivity index (χ4v) is 1.64. The molecule has 0 aliphatic heterocycles. The van der Waals surface area contributed by atoms with Gasteiger partial charge in [0.25, 0.3) is 0 Å². The summed E-state index contributed by atoms with van der Waals surface area (Å²) in [4.78, 5) is 0. The lowest BCUT2D eigenvalue weighted by Crippen LogP contribution is -2.34. The maximum absolute atomic E-state index is 12.4. The van der Waals surface area contributed by atoms with Gasteiger partial charge in [-0.05, 0) is 17.0 Å². The van der Waals surface area contributed by atoms with Crippen molar-refractivity contribution < 1.29 is 26.3 Å². The van der Waals surface area contributed by atoms with Gasteiger partial charge in [-0.3, -0.25) is 0 Å². The van der Waals surface area contributed by atoms with Crippen molar-refractivity contribution in [2.24, 2.45) is 0 Å². The van der Waals surface area contributed by atoms with Crippen LogP contribution in [0.1, 0.15) is 36.8 Å². The number of rotatable bonds is 2. The van der Waals surface area contributed by atoms with Gasteiger partial charge in [0.05, 0.1) is 0 Å². The first-order valence-electron chi connectivity index (χ1n) is 5.26. The topological polar surface area (TPSA) is 0 Å². The summed E-state index contributed by atoms with van der Waals surface area (Å²) in [7, 11) is 0. The zero-order valence-electron chi connectivity index (χ0n) is 9.73. The second-order valence-corrected chi connectivity index (χ2v) is 4.34. The van der Waals surface area contributed by atoms with Crippen LogP contribution in [-0.2, 0) is 0 Å². The quantitative estimate of drug-likeness (QED) is 0.662. The predicted molar refractivity (Wildman–Crippen MR) is 55.4 cm³/mol. The van der Waals surface area contributed by atoms with E-state index in [2.05, 4.69) is 0 Å². The van der Waals surface area contributed by atoms with Crippen molar-refractivity contribution >= 4 is 0 Å². The van der Waals surface area contributed by atoms with E-state index in [0.717, 1.165) is 12.1 Å². The summed E-state index contributed by atoms with van der Waals surface area (Å²) >= 11 is 0. The van der Waals surface area contributed by atoms with Crippen molar-refractivity contribution in [2.45, 2.75) is 38.0 Å². The van der Waals surface area contributed by atoms with E-state index in [4.69, 9.17) is 0 Å². The van der Waals surface area contributed by atoms with Gasteiger partial charge in [0.2, 0.25) is 0 Å². The molecule has 0 fully saturated rings. The number of halogens is 6. The Kier molecular flexibility index (Phi) is 3.98. The Bertz CT molecular complexity index is 371. The average Bonchev–Trinajstić information content (AvgIpc) is 2.13. The van der Waals surface area contributed by atoms with E-state index in [9.17, 15) is 26.3 Å². The molecule has 0 N–H and O–H groups in total. The molecule has 0 nitrogen and oxygen atoms in total. The minimum Gasteiger partial charge on any atom is -0.170 e. The molecular formula is C12H12F6. The molecule has 102 valence electrons. The summed E-state index contributed by atoms with van der Waals surface area (Å²) in [5, 5.41) is 0. The zero-order valence-corrected chi connectivity index (χ0v) is 9.73. The second kappa shape index (κ2) is 4.82. The lowest BCUT2D eigenvalue weighted by Gasteiger charge is -2.23. The van der Waals surface area contributed by atoms with E-state index in [1.54, 1.807) is 13.8 Å². The highest BCUT2D eigenvalue weighted by Gasteiger charge is 2.57. The van der Waals surface area contributed by atoms with Crippen LogP contribution in [0, 0.1) is 0 Å². The lowest BCUT2D eigenvalue weighted by molar-refractivity contribution is -0.253. The Balaban J connectivity index is 3.16. The molecular weight excluding hydrogens is 258 g/mol. The molecule has 0 aliphatic rings. The first-order valence-corrected chi connectivity index (χ1v) is 5.26. The van der Waals surface area contributed by atoms with Crippen molar-refractivity contribution in [1.29, 1.82) is 0 Å². The summed E-state index contributed by atoms with van der Waals surface area (Å²) in [5.74, 6) is -3.37. The van der Waals surface area contributed by atoms with Crippen LogP contribution in [0.4, 0.5) is 26.3 Å². The van der Waals surface area contributed by atoms with E-state index in [-0.39, 0.29) is 5.92 Å². The minimum absolute atomic E-state index is 0.0503. The summed E-state index contributed by atoms with van der Waals surface area (Å²) in [6.07, 6.45) is -10.7. The van der Waals surface area contributed by atoms with Crippen LogP contribution in [0.5, 0.6) is 0 Å². The smallest absolute Gasteiger partial charge is 0.170 e. The van der Waals surface area contributed by atoms with E-state index < -0.39 is 23.8 Å². The Labute approximate surface area is 101 Å². The minimum atomic E-state index is -5.34. The Morgan fingerprint density at radius 1 is 0.722 bits per heavy atom. The van der Waals surface area contributed by atoms with Crippen molar-refractivity contribution in [3.05, 3.63) is 35.4 Å². The molecule has 0 atom stereocenters. The number of alkyl halides is 6. The normalized spacial score (nSPS) is 13.4. The van der Waals surface area contributed by atoms with E-state index in [1.165, 1.54) is 12.1 Å². The Hall–Kier alpha value is -1.20. The van der Waals surface area contributed by atoms with Gasteiger partial charge < -0.3 is 0 Å². The summed E-state index contributed by atoms with van der Waals surface area (Å²) in [6.45, 7) is 3.61. The first kappa shape index (κ1) is 14.9. The van der Waals surface area contributed by atoms with Crippen molar-refractivity contribution in [1.82, 2.24) is 0 Å². The van der Waals surface area contributed by atoms with Gasteiger partial charge in [0, 0.05) is 0 Å². The van der Waals surface area contributed by atoms with Crippen LogP contribution in [0.25, 0.3) is 0 Å². The van der Waals surface area contributed by atoms with Crippen molar-refractivity contribution in [2.75, 3.05) is 0 Å². The molecule has 18 heavy (non-hydrogen) atoms. The molecule has 0 saturated carbocycles. The predicted octanol–water partition coefficient (Wildman–Crippen LogP) is 5.02. The Morgan fingerprint density at radius 3 is 1.33 bits per heavy atom. The van der Waals surface area contributed by atoms with Gasteiger partial charge in [-0.25, -0.2) is 0 Å². The van der Waals surface area contributed by atoms with Crippen molar-refractivity contribution in [3.63, 3.8) is 0 Å². The van der Waals surface area contributed by atoms with Crippen LogP contribution in [0.15, 0.2) is 24.3 Å². The zero-order chi connectivity index (χ0) is 14.1. The molecule has 0 amide bonds. The van der Waals surface area contributed by atoms with Gasteiger partial charge in [-0.2, -0.15) is 26.3 Å².